The molecule has 1 heterocycles. The molecule has 0 radical (unpaired) electrons. The van der Waals surface area contributed by atoms with Crippen LogP contribution in [0.4, 0.5) is 0 Å². The number of hydrogen-bond donors (Lipinski definition) is 0. The highest BCUT2D eigenvalue weighted by Gasteiger charge is 2.22. The summed E-state index contributed by atoms with van der Waals surface area (Å²) in [5, 5.41) is 0. The van der Waals surface area contributed by atoms with Crippen LogP contribution in [0.5, 0.6) is 0 Å². The first-order valence-electron chi connectivity index (χ1n) is 7.09. The van der Waals surface area contributed by atoms with Gasteiger partial charge >= 0.3 is 0 Å². The number of carbonyl (C=O) groups is 2. The summed E-state index contributed by atoms with van der Waals surface area (Å²) in [6.07, 6.45) is 2.14. The highest BCUT2D eigenvalue weighted by atomic mass is 16.2. The van der Waals surface area contributed by atoms with E-state index >= 15 is 0 Å². The Morgan fingerprint density at radius 2 is 1.85 bits per heavy atom. The summed E-state index contributed by atoms with van der Waals surface area (Å²) in [4.78, 5) is 27.8. The van der Waals surface area contributed by atoms with Crippen molar-refractivity contribution in [3.05, 3.63) is 34.9 Å². The van der Waals surface area contributed by atoms with Crippen LogP contribution < -0.4 is 0 Å². The summed E-state index contributed by atoms with van der Waals surface area (Å²) in [7, 11) is 1.69. The lowest BCUT2D eigenvalue weighted by molar-refractivity contribution is -0.130. The van der Waals surface area contributed by atoms with Crippen LogP contribution in [0.1, 0.15) is 34.3 Å². The topological polar surface area (TPSA) is 40.6 Å². The van der Waals surface area contributed by atoms with Crippen molar-refractivity contribution in [1.29, 1.82) is 0 Å². The number of benzene rings is 1. The third-order valence-corrected chi connectivity index (χ3v) is 3.79. The second-order valence-corrected chi connectivity index (χ2v) is 5.57. The molecule has 0 spiro atoms. The first-order chi connectivity index (χ1) is 9.49. The summed E-state index contributed by atoms with van der Waals surface area (Å²) < 4.78 is 0. The first-order valence-corrected chi connectivity index (χ1v) is 7.09. The molecule has 1 aromatic rings. The van der Waals surface area contributed by atoms with Gasteiger partial charge in [-0.05, 0) is 38.3 Å². The second-order valence-electron chi connectivity index (χ2n) is 5.57. The molecule has 4 nitrogen and oxygen atoms in total. The minimum atomic E-state index is -0.0879. The fraction of sp³-hybridized carbons (Fsp3) is 0.500. The van der Waals surface area contributed by atoms with E-state index in [1.807, 2.05) is 36.9 Å². The predicted molar refractivity (Wildman–Crippen MR) is 78.7 cm³/mol. The van der Waals surface area contributed by atoms with Crippen LogP contribution in [0.2, 0.25) is 0 Å². The highest BCUT2D eigenvalue weighted by molar-refractivity contribution is 5.97. The molecule has 108 valence electrons. The monoisotopic (exact) mass is 274 g/mol. The standard InChI is InChI=1S/C16H22N2O2/c1-12-6-7-14(13(2)10-12)16(20)17(3)11-15(19)18-8-4-5-9-18/h6-7,10H,4-5,8-9,11H2,1-3H3. The van der Waals surface area contributed by atoms with Gasteiger partial charge in [-0.2, -0.15) is 0 Å². The number of rotatable bonds is 3. The third kappa shape index (κ3) is 3.18. The summed E-state index contributed by atoms with van der Waals surface area (Å²) in [5.74, 6) is -0.0434. The van der Waals surface area contributed by atoms with Crippen molar-refractivity contribution in [3.8, 4) is 0 Å². The average Bonchev–Trinajstić information content (AvgIpc) is 2.91. The smallest absolute Gasteiger partial charge is 0.254 e. The van der Waals surface area contributed by atoms with Crippen LogP contribution >= 0.6 is 0 Å². The Balaban J connectivity index is 2.02. The van der Waals surface area contributed by atoms with Crippen molar-refractivity contribution < 1.29 is 9.59 Å². The number of likely N-dealkylation sites (N-methyl/N-ethyl adjacent to an activating group) is 1. The molecule has 0 saturated carbocycles. The molecular formula is C16H22N2O2. The Hall–Kier alpha value is -1.84. The molecular weight excluding hydrogens is 252 g/mol. The Bertz CT molecular complexity index is 519. The quantitative estimate of drug-likeness (QED) is 0.846. The van der Waals surface area contributed by atoms with Gasteiger partial charge in [-0.1, -0.05) is 17.7 Å². The molecule has 0 atom stereocenters. The van der Waals surface area contributed by atoms with Crippen molar-refractivity contribution >= 4 is 11.8 Å². The average molecular weight is 274 g/mol. The normalized spacial score (nSPS) is 14.4. The molecule has 1 aromatic carbocycles. The van der Waals surface area contributed by atoms with Crippen LogP contribution in [0.3, 0.4) is 0 Å². The van der Waals surface area contributed by atoms with E-state index in [1.54, 1.807) is 7.05 Å². The van der Waals surface area contributed by atoms with E-state index in [9.17, 15) is 9.59 Å². The molecule has 1 fully saturated rings. The second kappa shape index (κ2) is 6.07. The van der Waals surface area contributed by atoms with Gasteiger partial charge in [0.25, 0.3) is 5.91 Å². The first kappa shape index (κ1) is 14.6. The molecule has 0 unspecified atom stereocenters. The molecule has 4 heteroatoms. The summed E-state index contributed by atoms with van der Waals surface area (Å²) in [5.41, 5.74) is 2.76. The number of carbonyl (C=O) groups excluding carboxylic acids is 2. The molecule has 0 aliphatic carbocycles. The van der Waals surface area contributed by atoms with Crippen molar-refractivity contribution in [2.24, 2.45) is 0 Å². The lowest BCUT2D eigenvalue weighted by Crippen LogP contribution is -2.40. The van der Waals surface area contributed by atoms with E-state index in [0.717, 1.165) is 37.1 Å². The number of likely N-dealkylation sites (tertiary alicyclic amines) is 1. The van der Waals surface area contributed by atoms with Crippen LogP contribution in [-0.4, -0.2) is 48.3 Å². The van der Waals surface area contributed by atoms with Gasteiger partial charge < -0.3 is 9.80 Å². The molecule has 0 N–H and O–H groups in total. The van der Waals surface area contributed by atoms with Gasteiger partial charge in [-0.15, -0.1) is 0 Å². The van der Waals surface area contributed by atoms with Crippen LogP contribution in [0, 0.1) is 13.8 Å². The molecule has 0 bridgehead atoms. The van der Waals surface area contributed by atoms with Crippen LogP contribution in [0.15, 0.2) is 18.2 Å². The van der Waals surface area contributed by atoms with E-state index in [2.05, 4.69) is 0 Å². The minimum Gasteiger partial charge on any atom is -0.341 e. The third-order valence-electron chi connectivity index (χ3n) is 3.79. The summed E-state index contributed by atoms with van der Waals surface area (Å²) in [6.45, 7) is 5.74. The summed E-state index contributed by atoms with van der Waals surface area (Å²) in [6, 6.07) is 5.75. The molecule has 2 rings (SSSR count). The fourth-order valence-corrected chi connectivity index (χ4v) is 2.60. The molecule has 1 saturated heterocycles. The predicted octanol–water partition coefficient (Wildman–Crippen LogP) is 2.00. The van der Waals surface area contributed by atoms with Gasteiger partial charge in [0.2, 0.25) is 5.91 Å². The van der Waals surface area contributed by atoms with Crippen molar-refractivity contribution in [1.82, 2.24) is 9.80 Å². The Morgan fingerprint density at radius 1 is 1.20 bits per heavy atom. The van der Waals surface area contributed by atoms with E-state index in [0.29, 0.717) is 5.56 Å². The Morgan fingerprint density at radius 3 is 2.45 bits per heavy atom. The summed E-state index contributed by atoms with van der Waals surface area (Å²) >= 11 is 0. The van der Waals surface area contributed by atoms with Crippen molar-refractivity contribution in [2.45, 2.75) is 26.7 Å². The SMILES string of the molecule is Cc1ccc(C(=O)N(C)CC(=O)N2CCCC2)c(C)c1. The maximum Gasteiger partial charge on any atom is 0.254 e. The largest absolute Gasteiger partial charge is 0.341 e. The molecule has 1 aliphatic rings. The maximum absolute atomic E-state index is 12.4. The molecule has 1 aliphatic heterocycles. The number of nitrogens with zero attached hydrogens (tertiary/aromatic N) is 2. The minimum absolute atomic E-state index is 0.0446. The van der Waals surface area contributed by atoms with Gasteiger partial charge in [0.05, 0.1) is 6.54 Å². The molecule has 2 amide bonds. The number of hydrogen-bond acceptors (Lipinski definition) is 2. The fourth-order valence-electron chi connectivity index (χ4n) is 2.60. The highest BCUT2D eigenvalue weighted by Crippen LogP contribution is 2.13. The zero-order valence-electron chi connectivity index (χ0n) is 12.5. The van der Waals surface area contributed by atoms with Gasteiger partial charge in [0.1, 0.15) is 0 Å². The van der Waals surface area contributed by atoms with Crippen molar-refractivity contribution in [2.75, 3.05) is 26.7 Å². The van der Waals surface area contributed by atoms with E-state index in [-0.39, 0.29) is 18.4 Å². The molecule has 20 heavy (non-hydrogen) atoms. The van der Waals surface area contributed by atoms with Crippen LogP contribution in [0.25, 0.3) is 0 Å². The lowest BCUT2D eigenvalue weighted by Gasteiger charge is -2.22. The van der Waals surface area contributed by atoms with Gasteiger partial charge in [0.15, 0.2) is 0 Å². The van der Waals surface area contributed by atoms with Gasteiger partial charge in [0, 0.05) is 25.7 Å². The van der Waals surface area contributed by atoms with Gasteiger partial charge in [-0.25, -0.2) is 0 Å². The number of amides is 2. The molecule has 0 aromatic heterocycles. The zero-order valence-corrected chi connectivity index (χ0v) is 12.5. The Labute approximate surface area is 120 Å². The lowest BCUT2D eigenvalue weighted by atomic mass is 10.0. The maximum atomic E-state index is 12.4. The van der Waals surface area contributed by atoms with Crippen molar-refractivity contribution in [3.63, 3.8) is 0 Å². The zero-order chi connectivity index (χ0) is 14.7. The van der Waals surface area contributed by atoms with E-state index in [4.69, 9.17) is 0 Å². The Kier molecular flexibility index (Phi) is 4.42. The van der Waals surface area contributed by atoms with Crippen LogP contribution in [-0.2, 0) is 4.79 Å². The number of aryl methyl sites for hydroxylation is 2. The van der Waals surface area contributed by atoms with E-state index in [1.165, 1.54) is 4.90 Å². The van der Waals surface area contributed by atoms with Gasteiger partial charge in [-0.3, -0.25) is 9.59 Å². The van der Waals surface area contributed by atoms with E-state index < -0.39 is 0 Å².